The molecule has 1 aromatic rings. The summed E-state index contributed by atoms with van der Waals surface area (Å²) in [7, 11) is -1.22. The first-order chi connectivity index (χ1) is 8.85. The number of aliphatic hydroxyl groups is 1. The largest absolute Gasteiger partial charge is 0.466 e. The molecule has 0 radical (unpaired) electrons. The van der Waals surface area contributed by atoms with Crippen molar-refractivity contribution in [2.75, 3.05) is 21.3 Å². The van der Waals surface area contributed by atoms with Crippen LogP contribution in [0.2, 0.25) is 0 Å². The van der Waals surface area contributed by atoms with Gasteiger partial charge in [0.1, 0.15) is 5.82 Å². The highest BCUT2D eigenvalue weighted by atomic mass is 31.2. The molecule has 0 saturated carbocycles. The molecular weight excluding hydrogens is 278 g/mol. The summed E-state index contributed by atoms with van der Waals surface area (Å²) in [6, 6.07) is 4.19. The molecule has 1 rings (SSSR count). The van der Waals surface area contributed by atoms with Crippen LogP contribution in [-0.2, 0) is 28.5 Å². The summed E-state index contributed by atoms with van der Waals surface area (Å²) in [5.74, 6) is -1.81. The Balaban J connectivity index is 3.48. The highest BCUT2D eigenvalue weighted by Gasteiger charge is 2.58. The van der Waals surface area contributed by atoms with Gasteiger partial charge in [-0.15, -0.1) is 0 Å². The van der Waals surface area contributed by atoms with Gasteiger partial charge < -0.3 is 18.9 Å². The molecule has 8 heteroatoms. The minimum absolute atomic E-state index is 0.159. The molecule has 0 bridgehead atoms. The Bertz CT molecular complexity index is 494. The maximum atomic E-state index is 12.9. The molecule has 0 saturated heterocycles. The van der Waals surface area contributed by atoms with Gasteiger partial charge in [-0.2, -0.15) is 0 Å². The summed E-state index contributed by atoms with van der Waals surface area (Å²) >= 11 is 0. The molecule has 106 valence electrons. The van der Waals surface area contributed by atoms with Crippen molar-refractivity contribution in [2.45, 2.75) is 5.34 Å². The molecule has 0 heterocycles. The lowest BCUT2D eigenvalue weighted by Gasteiger charge is -2.30. The third-order valence-corrected chi connectivity index (χ3v) is 4.79. The van der Waals surface area contributed by atoms with E-state index >= 15 is 0 Å². The summed E-state index contributed by atoms with van der Waals surface area (Å²) in [6.07, 6.45) is 0. The number of hydrogen-bond donors (Lipinski definition) is 1. The average Bonchev–Trinajstić information content (AvgIpc) is 2.45. The molecule has 1 atom stereocenters. The van der Waals surface area contributed by atoms with Crippen LogP contribution >= 0.6 is 7.60 Å². The Morgan fingerprint density at radius 2 is 1.68 bits per heavy atom. The zero-order valence-corrected chi connectivity index (χ0v) is 11.5. The van der Waals surface area contributed by atoms with Crippen LogP contribution in [0.5, 0.6) is 0 Å². The second-order valence-electron chi connectivity index (χ2n) is 3.53. The van der Waals surface area contributed by atoms with Crippen molar-refractivity contribution in [3.63, 3.8) is 0 Å². The molecule has 0 aliphatic heterocycles. The van der Waals surface area contributed by atoms with Crippen LogP contribution in [0.15, 0.2) is 24.3 Å². The number of carbonyl (C=O) groups excluding carboxylic acids is 1. The monoisotopic (exact) mass is 292 g/mol. The van der Waals surface area contributed by atoms with E-state index in [0.717, 1.165) is 45.6 Å². The van der Waals surface area contributed by atoms with E-state index in [0.29, 0.717) is 0 Å². The number of hydrogen-bond acceptors (Lipinski definition) is 6. The summed E-state index contributed by atoms with van der Waals surface area (Å²) < 4.78 is 39.0. The molecule has 1 N–H and O–H groups in total. The van der Waals surface area contributed by atoms with Crippen LogP contribution in [0, 0.1) is 5.82 Å². The molecule has 0 aliphatic carbocycles. The summed E-state index contributed by atoms with van der Waals surface area (Å²) in [5.41, 5.74) is -0.159. The zero-order valence-electron chi connectivity index (χ0n) is 10.6. The van der Waals surface area contributed by atoms with Crippen molar-refractivity contribution in [1.29, 1.82) is 0 Å². The molecule has 0 amide bonds. The molecule has 19 heavy (non-hydrogen) atoms. The normalized spacial score (nSPS) is 14.8. The molecule has 0 unspecified atom stereocenters. The van der Waals surface area contributed by atoms with Gasteiger partial charge in [-0.1, -0.05) is 12.1 Å². The highest BCUT2D eigenvalue weighted by molar-refractivity contribution is 7.56. The number of halogens is 1. The molecule has 0 spiro atoms. The number of esters is 1. The van der Waals surface area contributed by atoms with Gasteiger partial charge in [-0.3, -0.25) is 4.57 Å². The lowest BCUT2D eigenvalue weighted by atomic mass is 10.1. The first kappa shape index (κ1) is 15.8. The fourth-order valence-corrected chi connectivity index (χ4v) is 3.01. The van der Waals surface area contributed by atoms with E-state index in [-0.39, 0.29) is 5.56 Å². The molecule has 1 aromatic carbocycles. The van der Waals surface area contributed by atoms with E-state index < -0.39 is 24.7 Å². The first-order valence-corrected chi connectivity index (χ1v) is 6.68. The van der Waals surface area contributed by atoms with Crippen LogP contribution < -0.4 is 0 Å². The summed E-state index contributed by atoms with van der Waals surface area (Å²) in [6.45, 7) is 0. The molecular formula is C11H14FO6P. The molecule has 0 fully saturated rings. The quantitative estimate of drug-likeness (QED) is 0.656. The Hall–Kier alpha value is -1.27. The molecule has 6 nitrogen and oxygen atoms in total. The number of methoxy groups -OCH3 is 1. The van der Waals surface area contributed by atoms with E-state index in [1.807, 2.05) is 0 Å². The predicted octanol–water partition coefficient (Wildman–Crippen LogP) is 1.63. The minimum Gasteiger partial charge on any atom is -0.466 e. The van der Waals surface area contributed by atoms with Crippen molar-refractivity contribution in [3.05, 3.63) is 35.6 Å². The van der Waals surface area contributed by atoms with Crippen molar-refractivity contribution in [1.82, 2.24) is 0 Å². The number of ether oxygens (including phenoxy) is 1. The van der Waals surface area contributed by atoms with Gasteiger partial charge in [-0.05, 0) is 12.1 Å². The average molecular weight is 292 g/mol. The number of carbonyl (C=O) groups is 1. The summed E-state index contributed by atoms with van der Waals surface area (Å²) in [5, 5.41) is 7.78. The van der Waals surface area contributed by atoms with E-state index in [1.165, 1.54) is 0 Å². The second-order valence-corrected chi connectivity index (χ2v) is 5.91. The van der Waals surface area contributed by atoms with Gasteiger partial charge >= 0.3 is 13.6 Å². The predicted molar refractivity (Wildman–Crippen MR) is 63.9 cm³/mol. The van der Waals surface area contributed by atoms with Crippen LogP contribution in [0.25, 0.3) is 0 Å². The Labute approximate surface area is 109 Å². The van der Waals surface area contributed by atoms with Gasteiger partial charge in [0.05, 0.1) is 7.11 Å². The third kappa shape index (κ3) is 2.55. The van der Waals surface area contributed by atoms with Gasteiger partial charge in [0.2, 0.25) is 0 Å². The van der Waals surface area contributed by atoms with Crippen LogP contribution in [0.4, 0.5) is 4.39 Å². The fourth-order valence-electron chi connectivity index (χ4n) is 1.55. The van der Waals surface area contributed by atoms with Gasteiger partial charge in [0.15, 0.2) is 0 Å². The summed E-state index contributed by atoms with van der Waals surface area (Å²) in [4.78, 5) is 11.8. The fraction of sp³-hybridized carbons (Fsp3) is 0.364. The van der Waals surface area contributed by atoms with Crippen molar-refractivity contribution in [2.24, 2.45) is 0 Å². The van der Waals surface area contributed by atoms with Crippen molar-refractivity contribution < 1.29 is 32.6 Å². The van der Waals surface area contributed by atoms with E-state index in [9.17, 15) is 18.9 Å². The second kappa shape index (κ2) is 5.79. The lowest BCUT2D eigenvalue weighted by molar-refractivity contribution is -0.156. The van der Waals surface area contributed by atoms with Crippen molar-refractivity contribution >= 4 is 13.6 Å². The Kier molecular flexibility index (Phi) is 4.81. The number of benzene rings is 1. The van der Waals surface area contributed by atoms with Gasteiger partial charge in [0.25, 0.3) is 5.34 Å². The standard InChI is InChI=1S/C11H14FO6P/c1-16-10(13)11(14,19(15,17-2)18-3)8-4-6-9(12)7-5-8/h4-7,14H,1-3H3/t11-/m0/s1. The maximum absolute atomic E-state index is 12.9. The first-order valence-electron chi connectivity index (χ1n) is 5.14. The topological polar surface area (TPSA) is 82.1 Å². The highest BCUT2D eigenvalue weighted by Crippen LogP contribution is 2.63. The molecule has 0 aliphatic rings. The smallest absolute Gasteiger partial charge is 0.377 e. The zero-order chi connectivity index (χ0) is 14.7. The number of rotatable bonds is 5. The SMILES string of the molecule is COC(=O)[C@](O)(c1ccc(F)cc1)P(=O)(OC)OC. The lowest BCUT2D eigenvalue weighted by Crippen LogP contribution is -2.37. The Morgan fingerprint density at radius 1 is 1.21 bits per heavy atom. The minimum atomic E-state index is -4.25. The van der Waals surface area contributed by atoms with Gasteiger partial charge in [0, 0.05) is 19.8 Å². The van der Waals surface area contributed by atoms with Gasteiger partial charge in [-0.25, -0.2) is 9.18 Å². The van der Waals surface area contributed by atoms with E-state index in [2.05, 4.69) is 13.8 Å². The van der Waals surface area contributed by atoms with E-state index in [4.69, 9.17) is 0 Å². The van der Waals surface area contributed by atoms with Crippen LogP contribution in [0.3, 0.4) is 0 Å². The Morgan fingerprint density at radius 3 is 2.05 bits per heavy atom. The van der Waals surface area contributed by atoms with Crippen LogP contribution in [-0.4, -0.2) is 32.4 Å². The molecule has 0 aromatic heterocycles. The van der Waals surface area contributed by atoms with Crippen LogP contribution in [0.1, 0.15) is 5.56 Å². The maximum Gasteiger partial charge on any atom is 0.377 e. The van der Waals surface area contributed by atoms with Crippen molar-refractivity contribution in [3.8, 4) is 0 Å². The third-order valence-electron chi connectivity index (χ3n) is 2.59. The van der Waals surface area contributed by atoms with E-state index in [1.54, 1.807) is 0 Å².